The van der Waals surface area contributed by atoms with E-state index in [1.54, 1.807) is 0 Å². The molecule has 1 aliphatic heterocycles. The maximum atomic E-state index is 5.78. The van der Waals surface area contributed by atoms with E-state index in [-0.39, 0.29) is 5.95 Å². The number of fused-ring (bicyclic) bond motifs is 3. The number of aromatic nitrogens is 3. The lowest BCUT2D eigenvalue weighted by Gasteiger charge is -2.26. The summed E-state index contributed by atoms with van der Waals surface area (Å²) in [6.07, 6.45) is 5.48. The van der Waals surface area contributed by atoms with Gasteiger partial charge in [0.2, 0.25) is 11.9 Å². The van der Waals surface area contributed by atoms with Gasteiger partial charge in [-0.15, -0.1) is 0 Å². The normalized spacial score (nSPS) is 13.8. The Morgan fingerprint density at radius 3 is 2.26 bits per heavy atom. The van der Waals surface area contributed by atoms with Gasteiger partial charge in [-0.05, 0) is 64.6 Å². The van der Waals surface area contributed by atoms with Gasteiger partial charge in [-0.3, -0.25) is 0 Å². The van der Waals surface area contributed by atoms with Gasteiger partial charge in [-0.1, -0.05) is 86.3 Å². The van der Waals surface area contributed by atoms with Crippen molar-refractivity contribution in [2.45, 2.75) is 39.0 Å². The average molecular weight is 506 g/mol. The number of rotatable bonds is 6. The first-order valence-corrected chi connectivity index (χ1v) is 13.5. The monoisotopic (exact) mass is 505 g/mol. The van der Waals surface area contributed by atoms with Crippen LogP contribution in [0.2, 0.25) is 0 Å². The second-order valence-electron chi connectivity index (χ2n) is 9.67. The minimum Gasteiger partial charge on any atom is -0.463 e. The lowest BCUT2D eigenvalue weighted by Crippen LogP contribution is -2.31. The molecule has 1 aliphatic carbocycles. The average Bonchev–Trinajstić information content (AvgIpc) is 3.25. The van der Waals surface area contributed by atoms with Crippen LogP contribution in [0.3, 0.4) is 0 Å². The SMILES string of the molecule is C=C1c2ccccc2-c2cc(CC)ccc21.Nc1nc(OCCc2ccccc2)nc(N2CCCCC2)n1. The smallest absolute Gasteiger partial charge is 0.323 e. The van der Waals surface area contributed by atoms with Crippen LogP contribution >= 0.6 is 0 Å². The highest BCUT2D eigenvalue weighted by Gasteiger charge is 2.21. The second-order valence-corrected chi connectivity index (χ2v) is 9.67. The Morgan fingerprint density at radius 1 is 0.789 bits per heavy atom. The highest BCUT2D eigenvalue weighted by atomic mass is 16.5. The number of nitrogens with zero attached hydrogens (tertiary/aromatic N) is 4. The molecular formula is C32H35N5O. The van der Waals surface area contributed by atoms with Crippen LogP contribution in [0.5, 0.6) is 6.01 Å². The first-order valence-electron chi connectivity index (χ1n) is 13.5. The lowest BCUT2D eigenvalue weighted by atomic mass is 10.0. The second kappa shape index (κ2) is 11.9. The Bertz CT molecular complexity index is 1400. The van der Waals surface area contributed by atoms with Crippen molar-refractivity contribution in [1.29, 1.82) is 0 Å². The Balaban J connectivity index is 0.000000162. The molecule has 2 N–H and O–H groups in total. The Morgan fingerprint density at radius 2 is 1.50 bits per heavy atom. The summed E-state index contributed by atoms with van der Waals surface area (Å²) in [5.74, 6) is 0.840. The van der Waals surface area contributed by atoms with Gasteiger partial charge in [0.25, 0.3) is 0 Å². The van der Waals surface area contributed by atoms with Crippen LogP contribution in [0.25, 0.3) is 16.7 Å². The highest BCUT2D eigenvalue weighted by Crippen LogP contribution is 2.43. The minimum absolute atomic E-state index is 0.213. The topological polar surface area (TPSA) is 77.2 Å². The fourth-order valence-electron chi connectivity index (χ4n) is 4.99. The van der Waals surface area contributed by atoms with E-state index in [2.05, 4.69) is 88.0 Å². The molecule has 1 fully saturated rings. The van der Waals surface area contributed by atoms with Crippen LogP contribution in [0.15, 0.2) is 79.4 Å². The molecule has 1 aromatic heterocycles. The number of benzene rings is 3. The number of ether oxygens (including phenoxy) is 1. The highest BCUT2D eigenvalue weighted by molar-refractivity contribution is 6.00. The van der Waals surface area contributed by atoms with Gasteiger partial charge in [0.1, 0.15) is 0 Å². The molecule has 38 heavy (non-hydrogen) atoms. The maximum absolute atomic E-state index is 5.78. The summed E-state index contributed by atoms with van der Waals surface area (Å²) in [6.45, 7) is 8.84. The van der Waals surface area contributed by atoms with Gasteiger partial charge in [-0.25, -0.2) is 0 Å². The van der Waals surface area contributed by atoms with Crippen molar-refractivity contribution >= 4 is 17.5 Å². The summed E-state index contributed by atoms with van der Waals surface area (Å²) in [5, 5.41) is 0. The number of hydrogen-bond acceptors (Lipinski definition) is 6. The zero-order valence-electron chi connectivity index (χ0n) is 22.1. The summed E-state index contributed by atoms with van der Waals surface area (Å²) in [6, 6.07) is 25.7. The third-order valence-corrected chi connectivity index (χ3v) is 7.08. The fraction of sp³-hybridized carbons (Fsp3) is 0.281. The molecule has 0 unspecified atom stereocenters. The minimum atomic E-state index is 0.213. The number of nitrogens with two attached hydrogens (primary N) is 1. The molecule has 6 nitrogen and oxygen atoms in total. The predicted molar refractivity (Wildman–Crippen MR) is 155 cm³/mol. The molecule has 0 atom stereocenters. The molecule has 6 rings (SSSR count). The summed E-state index contributed by atoms with van der Waals surface area (Å²) in [5.41, 5.74) is 14.8. The predicted octanol–water partition coefficient (Wildman–Crippen LogP) is 6.36. The fourth-order valence-corrected chi connectivity index (χ4v) is 4.99. The molecule has 0 saturated carbocycles. The van der Waals surface area contributed by atoms with E-state index in [0.717, 1.165) is 44.3 Å². The van der Waals surface area contributed by atoms with Gasteiger partial charge in [0.05, 0.1) is 6.61 Å². The van der Waals surface area contributed by atoms with Crippen molar-refractivity contribution in [3.63, 3.8) is 0 Å². The third-order valence-electron chi connectivity index (χ3n) is 7.08. The first kappa shape index (κ1) is 25.5. The van der Waals surface area contributed by atoms with Crippen LogP contribution in [-0.4, -0.2) is 34.6 Å². The molecule has 1 saturated heterocycles. The molecule has 3 aromatic carbocycles. The molecule has 0 spiro atoms. The largest absolute Gasteiger partial charge is 0.463 e. The van der Waals surface area contributed by atoms with Crippen molar-refractivity contribution in [1.82, 2.24) is 15.0 Å². The Labute approximate surface area is 225 Å². The molecule has 194 valence electrons. The molecule has 4 aromatic rings. The quantitative estimate of drug-likeness (QED) is 0.289. The van der Waals surface area contributed by atoms with E-state index in [1.165, 1.54) is 39.8 Å². The van der Waals surface area contributed by atoms with Crippen LogP contribution in [0, 0.1) is 0 Å². The summed E-state index contributed by atoms with van der Waals surface area (Å²) in [7, 11) is 0. The van der Waals surface area contributed by atoms with E-state index in [4.69, 9.17) is 10.5 Å². The molecule has 0 radical (unpaired) electrons. The van der Waals surface area contributed by atoms with Gasteiger partial charge in [0, 0.05) is 19.5 Å². The number of hydrogen-bond donors (Lipinski definition) is 1. The molecule has 6 heteroatoms. The Hall–Kier alpha value is -4.19. The Kier molecular flexibility index (Phi) is 7.98. The van der Waals surface area contributed by atoms with Gasteiger partial charge >= 0.3 is 6.01 Å². The van der Waals surface area contributed by atoms with Gasteiger partial charge in [0.15, 0.2) is 0 Å². The van der Waals surface area contributed by atoms with E-state index in [1.807, 2.05) is 18.2 Å². The summed E-state index contributed by atoms with van der Waals surface area (Å²) < 4.78 is 5.65. The number of aryl methyl sites for hydroxylation is 1. The molecule has 0 bridgehead atoms. The van der Waals surface area contributed by atoms with Crippen molar-refractivity contribution in [3.05, 3.63) is 102 Å². The lowest BCUT2D eigenvalue weighted by molar-refractivity contribution is 0.295. The van der Waals surface area contributed by atoms with E-state index in [9.17, 15) is 0 Å². The van der Waals surface area contributed by atoms with Crippen LogP contribution in [0.4, 0.5) is 11.9 Å². The van der Waals surface area contributed by atoms with Crippen molar-refractivity contribution < 1.29 is 4.74 Å². The van der Waals surface area contributed by atoms with Crippen molar-refractivity contribution in [3.8, 4) is 17.1 Å². The van der Waals surface area contributed by atoms with E-state index < -0.39 is 0 Å². The molecule has 2 aliphatic rings. The van der Waals surface area contributed by atoms with Crippen LogP contribution < -0.4 is 15.4 Å². The number of piperidine rings is 1. The zero-order chi connectivity index (χ0) is 26.3. The van der Waals surface area contributed by atoms with Crippen molar-refractivity contribution in [2.24, 2.45) is 0 Å². The maximum Gasteiger partial charge on any atom is 0.323 e. The molecular weight excluding hydrogens is 470 g/mol. The third kappa shape index (κ3) is 5.86. The van der Waals surface area contributed by atoms with E-state index in [0.29, 0.717) is 18.6 Å². The molecule has 0 amide bonds. The number of nitrogen functional groups attached to an aromatic ring is 1. The van der Waals surface area contributed by atoms with E-state index >= 15 is 0 Å². The summed E-state index contributed by atoms with van der Waals surface area (Å²) in [4.78, 5) is 14.8. The van der Waals surface area contributed by atoms with Gasteiger partial charge in [-0.2, -0.15) is 15.0 Å². The molecule has 2 heterocycles. The first-order chi connectivity index (χ1) is 18.6. The van der Waals surface area contributed by atoms with Crippen molar-refractivity contribution in [2.75, 3.05) is 30.3 Å². The van der Waals surface area contributed by atoms with Gasteiger partial charge < -0.3 is 15.4 Å². The summed E-state index contributed by atoms with van der Waals surface area (Å²) >= 11 is 0. The van der Waals surface area contributed by atoms with Crippen LogP contribution in [-0.2, 0) is 12.8 Å². The van der Waals surface area contributed by atoms with Crippen LogP contribution in [0.1, 0.15) is 48.4 Å². The zero-order valence-corrected chi connectivity index (χ0v) is 22.1. The number of anilines is 2. The standard InChI is InChI=1S/C16H21N5O.C16H14/c17-14-18-15(21-10-5-2-6-11-21)20-16(19-14)22-12-9-13-7-3-1-4-8-13;1-3-12-8-9-14-11(2)13-6-4-5-7-15(13)16(14)10-12/h1,3-4,7-8H,2,5-6,9-12H2,(H2,17,18,19,20);4-10H,2-3H2,1H3.